The quantitative estimate of drug-likeness (QED) is 0.543. The third kappa shape index (κ3) is 1.65. The largest absolute Gasteiger partial charge is 0.504 e. The minimum Gasteiger partial charge on any atom is -0.504 e. The summed E-state index contributed by atoms with van der Waals surface area (Å²) < 4.78 is 0. The number of rotatable bonds is 0. The second-order valence-electron chi connectivity index (χ2n) is 7.51. The average molecular weight is 284 g/mol. The maximum atomic E-state index is 10.1. The van der Waals surface area contributed by atoms with Gasteiger partial charge in [0.1, 0.15) is 0 Å². The van der Waals surface area contributed by atoms with Gasteiger partial charge in [-0.25, -0.2) is 0 Å². The normalized spacial score (nSPS) is 37.8. The van der Waals surface area contributed by atoms with E-state index in [9.17, 15) is 10.2 Å². The Bertz CT molecular complexity index is 618. The third-order valence-electron chi connectivity index (χ3n) is 6.82. The highest BCUT2D eigenvalue weighted by Crippen LogP contribution is 2.63. The Morgan fingerprint density at radius 1 is 1.14 bits per heavy atom. The van der Waals surface area contributed by atoms with E-state index in [0.29, 0.717) is 11.3 Å². The summed E-state index contributed by atoms with van der Waals surface area (Å²) in [5, 5.41) is 19.9. The highest BCUT2D eigenvalue weighted by atomic mass is 16.3. The van der Waals surface area contributed by atoms with Crippen LogP contribution in [0.3, 0.4) is 0 Å². The molecule has 2 heteroatoms. The SMILES string of the molecule is C=C1CCC2C3CCc4c(ccc(O)c4O)C3CCC12C. The van der Waals surface area contributed by atoms with Gasteiger partial charge in [-0.15, -0.1) is 0 Å². The Hall–Kier alpha value is -1.44. The summed E-state index contributed by atoms with van der Waals surface area (Å²) in [4.78, 5) is 0. The first-order valence-electron chi connectivity index (χ1n) is 8.24. The van der Waals surface area contributed by atoms with Gasteiger partial charge in [-0.05, 0) is 73.3 Å². The summed E-state index contributed by atoms with van der Waals surface area (Å²) in [5.41, 5.74) is 4.10. The lowest BCUT2D eigenvalue weighted by Gasteiger charge is -2.49. The molecule has 1 aromatic rings. The Kier molecular flexibility index (Phi) is 2.70. The molecule has 3 aliphatic carbocycles. The van der Waals surface area contributed by atoms with E-state index < -0.39 is 0 Å². The summed E-state index contributed by atoms with van der Waals surface area (Å²) in [7, 11) is 0. The van der Waals surface area contributed by atoms with Crippen LogP contribution in [0.4, 0.5) is 0 Å². The summed E-state index contributed by atoms with van der Waals surface area (Å²) in [5.74, 6) is 2.19. The first-order chi connectivity index (χ1) is 10.0. The number of phenols is 2. The van der Waals surface area contributed by atoms with Crippen LogP contribution < -0.4 is 0 Å². The molecule has 4 atom stereocenters. The van der Waals surface area contributed by atoms with E-state index in [0.717, 1.165) is 30.2 Å². The highest BCUT2D eigenvalue weighted by molar-refractivity contribution is 5.51. The van der Waals surface area contributed by atoms with E-state index in [4.69, 9.17) is 0 Å². The van der Waals surface area contributed by atoms with Crippen LogP contribution in [-0.4, -0.2) is 10.2 Å². The van der Waals surface area contributed by atoms with Crippen LogP contribution in [0.5, 0.6) is 11.5 Å². The molecular weight excluding hydrogens is 260 g/mol. The van der Waals surface area contributed by atoms with Gasteiger partial charge in [0, 0.05) is 5.56 Å². The number of hydrogen-bond acceptors (Lipinski definition) is 2. The fourth-order valence-electron chi connectivity index (χ4n) is 5.54. The molecule has 2 nitrogen and oxygen atoms in total. The van der Waals surface area contributed by atoms with Crippen molar-refractivity contribution in [1.82, 2.24) is 0 Å². The lowest BCUT2D eigenvalue weighted by molar-refractivity contribution is 0.0812. The third-order valence-corrected chi connectivity index (χ3v) is 6.82. The lowest BCUT2D eigenvalue weighted by Crippen LogP contribution is -2.40. The molecule has 2 saturated carbocycles. The zero-order valence-corrected chi connectivity index (χ0v) is 12.7. The number of fused-ring (bicyclic) bond motifs is 5. The van der Waals surface area contributed by atoms with Crippen molar-refractivity contribution >= 4 is 0 Å². The summed E-state index contributed by atoms with van der Waals surface area (Å²) in [6, 6.07) is 3.71. The van der Waals surface area contributed by atoms with Crippen LogP contribution in [0.1, 0.15) is 56.1 Å². The zero-order valence-electron chi connectivity index (χ0n) is 12.7. The van der Waals surface area contributed by atoms with Crippen molar-refractivity contribution in [2.75, 3.05) is 0 Å². The van der Waals surface area contributed by atoms with Crippen LogP contribution in [0, 0.1) is 17.3 Å². The highest BCUT2D eigenvalue weighted by Gasteiger charge is 2.52. The predicted molar refractivity (Wildman–Crippen MR) is 83.5 cm³/mol. The molecule has 2 N–H and O–H groups in total. The number of benzene rings is 1. The minimum absolute atomic E-state index is 0.0297. The molecule has 4 unspecified atom stereocenters. The fraction of sp³-hybridized carbons (Fsp3) is 0.579. The van der Waals surface area contributed by atoms with Crippen LogP contribution >= 0.6 is 0 Å². The molecule has 0 aromatic heterocycles. The molecule has 0 spiro atoms. The first kappa shape index (κ1) is 13.2. The van der Waals surface area contributed by atoms with Gasteiger partial charge in [0.2, 0.25) is 0 Å². The molecule has 0 heterocycles. The standard InChI is InChI=1S/C19H24O2/c1-11-3-7-16-14-4-5-15-12(6-8-17(20)18(15)21)13(14)9-10-19(11,16)2/h6,8,13-14,16,20-21H,1,3-5,7,9-10H2,2H3. The Morgan fingerprint density at radius 3 is 2.76 bits per heavy atom. The van der Waals surface area contributed by atoms with Gasteiger partial charge < -0.3 is 10.2 Å². The van der Waals surface area contributed by atoms with Gasteiger partial charge in [-0.2, -0.15) is 0 Å². The van der Waals surface area contributed by atoms with Crippen molar-refractivity contribution in [3.8, 4) is 11.5 Å². The molecule has 0 bridgehead atoms. The molecule has 3 aliphatic rings. The maximum absolute atomic E-state index is 10.1. The second kappa shape index (κ2) is 4.28. The molecule has 112 valence electrons. The predicted octanol–water partition coefficient (Wildman–Crippen LogP) is 4.51. The molecule has 0 amide bonds. The average Bonchev–Trinajstić information content (AvgIpc) is 2.78. The van der Waals surface area contributed by atoms with Gasteiger partial charge in [0.15, 0.2) is 11.5 Å². The topological polar surface area (TPSA) is 40.5 Å². The van der Waals surface area contributed by atoms with Crippen molar-refractivity contribution in [3.63, 3.8) is 0 Å². The van der Waals surface area contributed by atoms with E-state index in [1.807, 2.05) is 6.07 Å². The van der Waals surface area contributed by atoms with E-state index in [2.05, 4.69) is 13.5 Å². The van der Waals surface area contributed by atoms with Crippen molar-refractivity contribution in [2.24, 2.45) is 17.3 Å². The zero-order chi connectivity index (χ0) is 14.8. The molecule has 1 aromatic carbocycles. The molecular formula is C19H24O2. The molecule has 0 radical (unpaired) electrons. The molecule has 2 fully saturated rings. The number of phenolic OH excluding ortho intramolecular Hbond substituents is 2. The lowest BCUT2D eigenvalue weighted by atomic mass is 9.55. The maximum Gasteiger partial charge on any atom is 0.160 e. The van der Waals surface area contributed by atoms with Crippen molar-refractivity contribution in [1.29, 1.82) is 0 Å². The Labute approximate surface area is 126 Å². The van der Waals surface area contributed by atoms with Crippen molar-refractivity contribution < 1.29 is 10.2 Å². The van der Waals surface area contributed by atoms with Crippen LogP contribution in [-0.2, 0) is 6.42 Å². The van der Waals surface area contributed by atoms with Gasteiger partial charge >= 0.3 is 0 Å². The monoisotopic (exact) mass is 284 g/mol. The molecule has 4 rings (SSSR count). The molecule has 0 saturated heterocycles. The van der Waals surface area contributed by atoms with Gasteiger partial charge in [0.05, 0.1) is 0 Å². The van der Waals surface area contributed by atoms with E-state index in [1.54, 1.807) is 6.07 Å². The second-order valence-corrected chi connectivity index (χ2v) is 7.51. The van der Waals surface area contributed by atoms with E-state index >= 15 is 0 Å². The summed E-state index contributed by atoms with van der Waals surface area (Å²) >= 11 is 0. The first-order valence-corrected chi connectivity index (χ1v) is 8.24. The van der Waals surface area contributed by atoms with Crippen LogP contribution in [0.25, 0.3) is 0 Å². The molecule has 21 heavy (non-hydrogen) atoms. The summed E-state index contributed by atoms with van der Waals surface area (Å²) in [6.07, 6.45) is 6.93. The summed E-state index contributed by atoms with van der Waals surface area (Å²) in [6.45, 7) is 6.77. The van der Waals surface area contributed by atoms with Gasteiger partial charge in [-0.1, -0.05) is 25.1 Å². The Balaban J connectivity index is 1.75. The molecule has 0 aliphatic heterocycles. The van der Waals surface area contributed by atoms with Gasteiger partial charge in [0.25, 0.3) is 0 Å². The fourth-order valence-corrected chi connectivity index (χ4v) is 5.54. The minimum atomic E-state index is 0.0297. The number of aromatic hydroxyl groups is 2. The smallest absolute Gasteiger partial charge is 0.160 e. The number of hydrogen-bond donors (Lipinski definition) is 2. The number of allylic oxidation sites excluding steroid dienone is 1. The van der Waals surface area contributed by atoms with E-state index in [-0.39, 0.29) is 11.5 Å². The van der Waals surface area contributed by atoms with Crippen molar-refractivity contribution in [3.05, 3.63) is 35.4 Å². The van der Waals surface area contributed by atoms with Crippen molar-refractivity contribution in [2.45, 2.75) is 51.4 Å². The Morgan fingerprint density at radius 2 is 1.95 bits per heavy atom. The van der Waals surface area contributed by atoms with Gasteiger partial charge in [-0.3, -0.25) is 0 Å². The van der Waals surface area contributed by atoms with E-state index in [1.165, 1.54) is 36.8 Å². The van der Waals surface area contributed by atoms with Crippen LogP contribution in [0.2, 0.25) is 0 Å². The van der Waals surface area contributed by atoms with Crippen LogP contribution in [0.15, 0.2) is 24.3 Å².